The third kappa shape index (κ3) is 3.77. The maximum Gasteiger partial charge on any atom is 0.227 e. The molecule has 5 aromatic rings. The SMILES string of the molecule is C#Cc1cccc2cc(-c3nc(C4CCC(C(=O)Nc5ccccc5)CC4)n4ccnc(N)c34)[nH]c12. The number of nitrogen functional groups attached to an aromatic ring is 1. The van der Waals surface area contributed by atoms with E-state index in [9.17, 15) is 4.79 Å². The summed E-state index contributed by atoms with van der Waals surface area (Å²) in [5, 5.41) is 4.07. The van der Waals surface area contributed by atoms with Crippen LogP contribution in [0.15, 0.2) is 67.0 Å². The number of nitrogens with two attached hydrogens (primary N) is 1. The minimum atomic E-state index is -0.00483. The summed E-state index contributed by atoms with van der Waals surface area (Å²) in [5.41, 5.74) is 11.3. The number of para-hydroxylation sites is 2. The Kier molecular flexibility index (Phi) is 5.42. The van der Waals surface area contributed by atoms with Gasteiger partial charge in [0.15, 0.2) is 0 Å². The van der Waals surface area contributed by atoms with E-state index in [2.05, 4.69) is 31.7 Å². The normalized spacial score (nSPS) is 17.8. The predicted octanol–water partition coefficient (Wildman–Crippen LogP) is 5.35. The lowest BCUT2D eigenvalue weighted by Gasteiger charge is -2.27. The molecule has 7 nitrogen and oxygen atoms in total. The van der Waals surface area contributed by atoms with Crippen LogP contribution in [0.2, 0.25) is 0 Å². The maximum absolute atomic E-state index is 12.8. The van der Waals surface area contributed by atoms with Gasteiger partial charge in [-0.15, -0.1) is 6.42 Å². The average molecular weight is 475 g/mol. The van der Waals surface area contributed by atoms with Crippen molar-refractivity contribution in [3.8, 4) is 23.7 Å². The monoisotopic (exact) mass is 474 g/mol. The first-order valence-corrected chi connectivity index (χ1v) is 12.2. The molecule has 2 aromatic carbocycles. The molecule has 0 saturated heterocycles. The quantitative estimate of drug-likeness (QED) is 0.306. The van der Waals surface area contributed by atoms with Crippen molar-refractivity contribution in [2.45, 2.75) is 31.6 Å². The Morgan fingerprint density at radius 2 is 1.92 bits per heavy atom. The molecule has 0 radical (unpaired) electrons. The Morgan fingerprint density at radius 3 is 2.69 bits per heavy atom. The second-order valence-corrected chi connectivity index (χ2v) is 9.35. The summed E-state index contributed by atoms with van der Waals surface area (Å²) in [4.78, 5) is 25.7. The molecule has 1 fully saturated rings. The summed E-state index contributed by atoms with van der Waals surface area (Å²) in [7, 11) is 0. The van der Waals surface area contributed by atoms with Crippen LogP contribution < -0.4 is 11.1 Å². The number of H-pyrrole nitrogens is 1. The Bertz CT molecular complexity index is 1620. The van der Waals surface area contributed by atoms with Crippen molar-refractivity contribution in [3.05, 3.63) is 78.4 Å². The second kappa shape index (κ2) is 8.90. The molecule has 6 rings (SSSR count). The molecule has 0 spiro atoms. The zero-order valence-corrected chi connectivity index (χ0v) is 19.7. The first-order chi connectivity index (χ1) is 17.6. The van der Waals surface area contributed by atoms with Crippen molar-refractivity contribution in [1.82, 2.24) is 19.4 Å². The van der Waals surface area contributed by atoms with E-state index >= 15 is 0 Å². The van der Waals surface area contributed by atoms with Gasteiger partial charge in [-0.1, -0.05) is 36.3 Å². The van der Waals surface area contributed by atoms with Crippen molar-refractivity contribution >= 4 is 33.8 Å². The number of carbonyl (C=O) groups excluding carboxylic acids is 1. The molecular formula is C29H26N6O. The number of carbonyl (C=O) groups is 1. The first-order valence-electron chi connectivity index (χ1n) is 12.2. The van der Waals surface area contributed by atoms with Crippen LogP contribution in [0.5, 0.6) is 0 Å². The van der Waals surface area contributed by atoms with Crippen molar-refractivity contribution in [3.63, 3.8) is 0 Å². The molecule has 0 aliphatic heterocycles. The molecule has 1 saturated carbocycles. The number of aromatic amines is 1. The number of nitrogens with zero attached hydrogens (tertiary/aromatic N) is 3. The van der Waals surface area contributed by atoms with E-state index in [0.29, 0.717) is 5.82 Å². The van der Waals surface area contributed by atoms with Gasteiger partial charge in [0.2, 0.25) is 5.91 Å². The van der Waals surface area contributed by atoms with Gasteiger partial charge in [0.05, 0.1) is 11.2 Å². The zero-order valence-electron chi connectivity index (χ0n) is 19.7. The Balaban J connectivity index is 1.30. The number of terminal acetylenes is 1. The smallest absolute Gasteiger partial charge is 0.227 e. The van der Waals surface area contributed by atoms with Gasteiger partial charge >= 0.3 is 0 Å². The highest BCUT2D eigenvalue weighted by Crippen LogP contribution is 2.39. The Morgan fingerprint density at radius 1 is 1.11 bits per heavy atom. The fourth-order valence-corrected chi connectivity index (χ4v) is 5.35. The summed E-state index contributed by atoms with van der Waals surface area (Å²) in [6.45, 7) is 0. The number of imidazole rings is 1. The lowest BCUT2D eigenvalue weighted by molar-refractivity contribution is -0.120. The van der Waals surface area contributed by atoms with Gasteiger partial charge in [-0.2, -0.15) is 0 Å². The standard InChI is InChI=1S/C29H26N6O/c1-2-18-7-6-8-21-17-23(33-24(18)21)25-26-27(30)31-15-16-35(26)28(34-25)19-11-13-20(14-12-19)29(36)32-22-9-4-3-5-10-22/h1,3-10,15-17,19-20,33H,11-14H2,(H2,30,31)(H,32,36). The Labute approximate surface area is 208 Å². The molecule has 1 amide bonds. The van der Waals surface area contributed by atoms with Gasteiger partial charge in [-0.25, -0.2) is 9.97 Å². The number of rotatable bonds is 4. The molecule has 3 heterocycles. The highest BCUT2D eigenvalue weighted by atomic mass is 16.1. The van der Waals surface area contributed by atoms with Crippen molar-refractivity contribution < 1.29 is 4.79 Å². The van der Waals surface area contributed by atoms with Crippen LogP contribution in [0.4, 0.5) is 11.5 Å². The van der Waals surface area contributed by atoms with E-state index < -0.39 is 0 Å². The van der Waals surface area contributed by atoms with E-state index in [1.807, 2.05) is 54.7 Å². The van der Waals surface area contributed by atoms with Crippen LogP contribution in [0.25, 0.3) is 27.8 Å². The van der Waals surface area contributed by atoms with Crippen LogP contribution in [-0.4, -0.2) is 25.3 Å². The van der Waals surface area contributed by atoms with Gasteiger partial charge in [0, 0.05) is 40.9 Å². The molecule has 1 aliphatic carbocycles. The number of fused-ring (bicyclic) bond motifs is 2. The highest BCUT2D eigenvalue weighted by Gasteiger charge is 2.30. The summed E-state index contributed by atoms with van der Waals surface area (Å²) in [6.07, 6.45) is 12.7. The maximum atomic E-state index is 12.8. The Hall–Kier alpha value is -4.57. The largest absolute Gasteiger partial charge is 0.382 e. The van der Waals surface area contributed by atoms with E-state index in [4.69, 9.17) is 17.1 Å². The van der Waals surface area contributed by atoms with Gasteiger partial charge < -0.3 is 16.0 Å². The molecule has 3 aromatic heterocycles. The van der Waals surface area contributed by atoms with E-state index in [1.54, 1.807) is 6.20 Å². The molecular weight excluding hydrogens is 448 g/mol. The fourth-order valence-electron chi connectivity index (χ4n) is 5.35. The van der Waals surface area contributed by atoms with Crippen LogP contribution in [0.3, 0.4) is 0 Å². The number of benzene rings is 2. The minimum Gasteiger partial charge on any atom is -0.382 e. The fraction of sp³-hybridized carbons (Fsp3) is 0.207. The molecule has 0 bridgehead atoms. The average Bonchev–Trinajstić information content (AvgIpc) is 3.52. The number of hydrogen-bond acceptors (Lipinski definition) is 4. The van der Waals surface area contributed by atoms with Crippen LogP contribution in [-0.2, 0) is 4.79 Å². The summed E-state index contributed by atoms with van der Waals surface area (Å²) in [6, 6.07) is 17.6. The summed E-state index contributed by atoms with van der Waals surface area (Å²) >= 11 is 0. The van der Waals surface area contributed by atoms with Crippen molar-refractivity contribution in [2.24, 2.45) is 5.92 Å². The van der Waals surface area contributed by atoms with Gasteiger partial charge in [0.25, 0.3) is 0 Å². The lowest BCUT2D eigenvalue weighted by Crippen LogP contribution is -2.27. The van der Waals surface area contributed by atoms with Crippen molar-refractivity contribution in [1.29, 1.82) is 0 Å². The molecule has 7 heteroatoms. The molecule has 1 aliphatic rings. The predicted molar refractivity (Wildman–Crippen MR) is 142 cm³/mol. The number of hydrogen-bond donors (Lipinski definition) is 3. The van der Waals surface area contributed by atoms with E-state index in [1.165, 1.54) is 0 Å². The van der Waals surface area contributed by atoms with Gasteiger partial charge in [0.1, 0.15) is 22.9 Å². The first kappa shape index (κ1) is 21.9. The highest BCUT2D eigenvalue weighted by molar-refractivity contribution is 5.94. The van der Waals surface area contributed by atoms with Crippen LogP contribution in [0.1, 0.15) is 43.0 Å². The second-order valence-electron chi connectivity index (χ2n) is 9.35. The minimum absolute atomic E-state index is 0.00483. The summed E-state index contributed by atoms with van der Waals surface area (Å²) < 4.78 is 2.06. The molecule has 178 valence electrons. The van der Waals surface area contributed by atoms with Crippen molar-refractivity contribution in [2.75, 3.05) is 11.1 Å². The number of aromatic nitrogens is 4. The number of anilines is 2. The molecule has 4 N–H and O–H groups in total. The summed E-state index contributed by atoms with van der Waals surface area (Å²) in [5.74, 6) is 4.43. The molecule has 36 heavy (non-hydrogen) atoms. The molecule has 0 unspecified atom stereocenters. The topological polar surface area (TPSA) is 101 Å². The van der Waals surface area contributed by atoms with E-state index in [-0.39, 0.29) is 17.7 Å². The van der Waals surface area contributed by atoms with Gasteiger partial charge in [-0.3, -0.25) is 9.20 Å². The number of nitrogens with one attached hydrogen (secondary N) is 2. The lowest BCUT2D eigenvalue weighted by atomic mass is 9.81. The third-order valence-corrected chi connectivity index (χ3v) is 7.18. The van der Waals surface area contributed by atoms with Crippen LogP contribution >= 0.6 is 0 Å². The third-order valence-electron chi connectivity index (χ3n) is 7.18. The van der Waals surface area contributed by atoms with Gasteiger partial charge in [-0.05, 0) is 49.9 Å². The number of amides is 1. The zero-order chi connectivity index (χ0) is 24.6. The van der Waals surface area contributed by atoms with E-state index in [0.717, 1.165) is 70.6 Å². The van der Waals surface area contributed by atoms with Crippen LogP contribution in [0, 0.1) is 18.3 Å². The molecule has 0 atom stereocenters.